The van der Waals surface area contributed by atoms with Crippen molar-refractivity contribution in [1.29, 1.82) is 0 Å². The third-order valence-corrected chi connectivity index (χ3v) is 5.80. The molecule has 35 heavy (non-hydrogen) atoms. The molecule has 178 valence electrons. The molecular formula is C26H24BrN5O3. The Kier molecular flexibility index (Phi) is 9.17. The normalized spacial score (nSPS) is 11.1. The summed E-state index contributed by atoms with van der Waals surface area (Å²) in [6.45, 7) is 2.39. The Morgan fingerprint density at radius 2 is 1.66 bits per heavy atom. The van der Waals surface area contributed by atoms with Gasteiger partial charge in [-0.25, -0.2) is 0 Å². The summed E-state index contributed by atoms with van der Waals surface area (Å²) in [5.74, 6) is -2.14. The second kappa shape index (κ2) is 12.5. The van der Waals surface area contributed by atoms with E-state index in [0.29, 0.717) is 17.8 Å². The van der Waals surface area contributed by atoms with Crippen LogP contribution >= 0.6 is 15.9 Å². The second-order valence-corrected chi connectivity index (χ2v) is 8.56. The first-order chi connectivity index (χ1) is 17.0. The summed E-state index contributed by atoms with van der Waals surface area (Å²) < 4.78 is 0.765. The fourth-order valence-corrected chi connectivity index (χ4v) is 3.81. The van der Waals surface area contributed by atoms with E-state index >= 15 is 0 Å². The van der Waals surface area contributed by atoms with Crippen molar-refractivity contribution in [2.75, 3.05) is 11.4 Å². The molecule has 3 aromatic carbocycles. The number of hydrogen-bond donors (Lipinski definition) is 1. The van der Waals surface area contributed by atoms with Gasteiger partial charge in [0, 0.05) is 32.9 Å². The number of unbranched alkanes of at least 4 members (excludes halogenated alkanes) is 1. The standard InChI is InChI=1S/C26H24BrN5O3/c1-2-3-17-29-25(34)23(21-11-7-8-12-22(21)30-31-28)32(20-15-13-19(27)14-16-20)26(35)24(33)18-9-5-4-6-10-18/h4-16,23H,2-3,17H2,1H3,(H,29,34). The van der Waals surface area contributed by atoms with E-state index < -0.39 is 23.6 Å². The smallest absolute Gasteiger partial charge is 0.300 e. The van der Waals surface area contributed by atoms with Crippen molar-refractivity contribution < 1.29 is 14.4 Å². The molecule has 1 atom stereocenters. The fraction of sp³-hybridized carbons (Fsp3) is 0.192. The molecule has 0 spiro atoms. The maximum Gasteiger partial charge on any atom is 0.300 e. The summed E-state index contributed by atoms with van der Waals surface area (Å²) in [6.07, 6.45) is 1.60. The molecule has 8 nitrogen and oxygen atoms in total. The number of hydrogen-bond acceptors (Lipinski definition) is 4. The van der Waals surface area contributed by atoms with Crippen LogP contribution in [0.15, 0.2) is 88.4 Å². The van der Waals surface area contributed by atoms with Crippen LogP contribution < -0.4 is 10.2 Å². The van der Waals surface area contributed by atoms with E-state index in [9.17, 15) is 14.4 Å². The van der Waals surface area contributed by atoms with E-state index in [1.165, 1.54) is 0 Å². The lowest BCUT2D eigenvalue weighted by Crippen LogP contribution is -2.46. The van der Waals surface area contributed by atoms with Crippen LogP contribution in [0, 0.1) is 0 Å². The van der Waals surface area contributed by atoms with Crippen LogP contribution in [0.1, 0.15) is 41.7 Å². The third kappa shape index (κ3) is 6.35. The molecule has 0 bridgehead atoms. The predicted octanol–water partition coefficient (Wildman–Crippen LogP) is 6.26. The molecular weight excluding hydrogens is 510 g/mol. The van der Waals surface area contributed by atoms with Gasteiger partial charge in [-0.15, -0.1) is 0 Å². The average Bonchev–Trinajstić information content (AvgIpc) is 2.88. The van der Waals surface area contributed by atoms with Gasteiger partial charge in [0.05, 0.1) is 0 Å². The molecule has 0 aliphatic heterocycles. The van der Waals surface area contributed by atoms with Gasteiger partial charge in [0.15, 0.2) is 0 Å². The molecule has 3 rings (SSSR count). The highest BCUT2D eigenvalue weighted by Crippen LogP contribution is 2.35. The highest BCUT2D eigenvalue weighted by molar-refractivity contribution is 9.10. The molecule has 9 heteroatoms. The summed E-state index contributed by atoms with van der Waals surface area (Å²) in [5.41, 5.74) is 10.1. The lowest BCUT2D eigenvalue weighted by molar-refractivity contribution is -0.125. The molecule has 1 N–H and O–H groups in total. The van der Waals surface area contributed by atoms with Crippen molar-refractivity contribution in [1.82, 2.24) is 5.32 Å². The van der Waals surface area contributed by atoms with Crippen molar-refractivity contribution >= 4 is 44.9 Å². The van der Waals surface area contributed by atoms with Crippen LogP contribution in [0.25, 0.3) is 10.4 Å². The molecule has 0 heterocycles. The first-order valence-corrected chi connectivity index (χ1v) is 11.9. The molecule has 0 aliphatic rings. The number of azide groups is 1. The first-order valence-electron chi connectivity index (χ1n) is 11.1. The minimum absolute atomic E-state index is 0.188. The van der Waals surface area contributed by atoms with Crippen LogP contribution in [0.5, 0.6) is 0 Å². The second-order valence-electron chi connectivity index (χ2n) is 7.64. The maximum absolute atomic E-state index is 13.7. The molecule has 0 saturated heterocycles. The first kappa shape index (κ1) is 25.7. The Bertz CT molecular complexity index is 1240. The number of Topliss-reactive ketones (excluding diaryl/α,β-unsaturated/α-hetero) is 1. The number of carbonyl (C=O) groups excluding carboxylic acids is 3. The van der Waals surface area contributed by atoms with Crippen molar-refractivity contribution in [2.24, 2.45) is 5.11 Å². The lowest BCUT2D eigenvalue weighted by atomic mass is 9.99. The highest BCUT2D eigenvalue weighted by Gasteiger charge is 2.37. The SMILES string of the molecule is CCCCNC(=O)C(c1ccccc1N=[N+]=[N-])N(C(=O)C(=O)c1ccccc1)c1ccc(Br)cc1. The lowest BCUT2D eigenvalue weighted by Gasteiger charge is -2.31. The van der Waals surface area contributed by atoms with Crippen LogP contribution in [0.2, 0.25) is 0 Å². The molecule has 0 radical (unpaired) electrons. The van der Waals surface area contributed by atoms with Crippen LogP contribution in [-0.4, -0.2) is 24.1 Å². The van der Waals surface area contributed by atoms with Crippen LogP contribution in [-0.2, 0) is 9.59 Å². The van der Waals surface area contributed by atoms with Gasteiger partial charge in [-0.1, -0.05) is 89.0 Å². The fourth-order valence-electron chi connectivity index (χ4n) is 3.55. The van der Waals surface area contributed by atoms with E-state index in [1.54, 1.807) is 78.9 Å². The van der Waals surface area contributed by atoms with Crippen molar-refractivity contribution in [3.05, 3.63) is 105 Å². The summed E-state index contributed by atoms with van der Waals surface area (Å²) in [5, 5.41) is 6.59. The molecule has 0 fully saturated rings. The van der Waals surface area contributed by atoms with Crippen LogP contribution in [0.3, 0.4) is 0 Å². The Morgan fingerprint density at radius 3 is 2.31 bits per heavy atom. The zero-order chi connectivity index (χ0) is 25.2. The number of halogens is 1. The largest absolute Gasteiger partial charge is 0.354 e. The number of anilines is 1. The zero-order valence-corrected chi connectivity index (χ0v) is 20.7. The van der Waals surface area contributed by atoms with Gasteiger partial charge < -0.3 is 5.32 Å². The van der Waals surface area contributed by atoms with Crippen LogP contribution in [0.4, 0.5) is 11.4 Å². The zero-order valence-electron chi connectivity index (χ0n) is 19.1. The Balaban J connectivity index is 2.20. The van der Waals surface area contributed by atoms with Gasteiger partial charge in [0.1, 0.15) is 6.04 Å². The molecule has 0 aromatic heterocycles. The topological polar surface area (TPSA) is 115 Å². The number of rotatable bonds is 10. The van der Waals surface area contributed by atoms with Gasteiger partial charge in [0.2, 0.25) is 5.91 Å². The minimum atomic E-state index is -1.25. The monoisotopic (exact) mass is 533 g/mol. The van der Waals surface area contributed by atoms with E-state index in [4.69, 9.17) is 5.53 Å². The highest BCUT2D eigenvalue weighted by atomic mass is 79.9. The van der Waals surface area contributed by atoms with E-state index in [2.05, 4.69) is 31.3 Å². The van der Waals surface area contributed by atoms with Gasteiger partial charge in [-0.3, -0.25) is 19.3 Å². The van der Waals surface area contributed by atoms with Crippen molar-refractivity contribution in [3.63, 3.8) is 0 Å². The van der Waals surface area contributed by atoms with Gasteiger partial charge in [-0.05, 0) is 41.8 Å². The Morgan fingerprint density at radius 1 is 1.00 bits per heavy atom. The third-order valence-electron chi connectivity index (χ3n) is 5.27. The summed E-state index contributed by atoms with van der Waals surface area (Å²) >= 11 is 3.38. The number of nitrogens with one attached hydrogen (secondary N) is 1. The number of benzene rings is 3. The van der Waals surface area contributed by atoms with E-state index in [0.717, 1.165) is 22.2 Å². The summed E-state index contributed by atoms with van der Waals surface area (Å²) in [7, 11) is 0. The molecule has 0 aliphatic carbocycles. The average molecular weight is 534 g/mol. The van der Waals surface area contributed by atoms with Gasteiger partial charge in [-0.2, -0.15) is 0 Å². The van der Waals surface area contributed by atoms with Crippen molar-refractivity contribution in [3.8, 4) is 0 Å². The summed E-state index contributed by atoms with van der Waals surface area (Å²) in [6, 6.07) is 20.1. The molecule has 0 saturated carbocycles. The number of nitrogens with zero attached hydrogens (tertiary/aromatic N) is 4. The Hall–Kier alpha value is -3.94. The Labute approximate surface area is 211 Å². The molecule has 1 unspecified atom stereocenters. The predicted molar refractivity (Wildman–Crippen MR) is 138 cm³/mol. The molecule has 2 amide bonds. The van der Waals surface area contributed by atoms with E-state index in [1.807, 2.05) is 6.92 Å². The molecule has 3 aromatic rings. The van der Waals surface area contributed by atoms with Gasteiger partial charge >= 0.3 is 0 Å². The number of carbonyl (C=O) groups is 3. The van der Waals surface area contributed by atoms with Gasteiger partial charge in [0.25, 0.3) is 11.7 Å². The summed E-state index contributed by atoms with van der Waals surface area (Å²) in [4.78, 5) is 44.6. The number of ketones is 1. The van der Waals surface area contributed by atoms with Crippen molar-refractivity contribution in [2.45, 2.75) is 25.8 Å². The maximum atomic E-state index is 13.7. The quantitative estimate of drug-likeness (QED) is 0.0826. The van der Waals surface area contributed by atoms with E-state index in [-0.39, 0.29) is 11.3 Å². The minimum Gasteiger partial charge on any atom is -0.354 e. The number of amides is 2.